The minimum atomic E-state index is -0.734. The number of rotatable bonds is 15. The van der Waals surface area contributed by atoms with Crippen LogP contribution < -0.4 is 5.32 Å². The van der Waals surface area contributed by atoms with Crippen LogP contribution >= 0.6 is 0 Å². The van der Waals surface area contributed by atoms with Crippen molar-refractivity contribution in [2.24, 2.45) is 0 Å². The molecular formula is C31H41NO4. The van der Waals surface area contributed by atoms with E-state index >= 15 is 0 Å². The van der Waals surface area contributed by atoms with Crippen LogP contribution in [0.2, 0.25) is 0 Å². The van der Waals surface area contributed by atoms with Crippen molar-refractivity contribution >= 4 is 16.7 Å². The number of benzene rings is 3. The number of carbonyl (C=O) groups is 1. The van der Waals surface area contributed by atoms with Gasteiger partial charge in [-0.1, -0.05) is 73.2 Å². The first-order valence-electron chi connectivity index (χ1n) is 13.1. The van der Waals surface area contributed by atoms with Crippen molar-refractivity contribution in [3.63, 3.8) is 0 Å². The van der Waals surface area contributed by atoms with Crippen molar-refractivity contribution in [1.29, 1.82) is 0 Å². The van der Waals surface area contributed by atoms with E-state index in [0.717, 1.165) is 31.2 Å². The Bertz CT molecular complexity index is 1110. The molecule has 36 heavy (non-hydrogen) atoms. The molecular weight excluding hydrogens is 450 g/mol. The number of carboxylic acid groups (broad SMARTS) is 1. The number of ether oxygens (including phenoxy) is 1. The van der Waals surface area contributed by atoms with Gasteiger partial charge in [-0.25, -0.2) is 0 Å². The van der Waals surface area contributed by atoms with E-state index in [1.54, 1.807) is 0 Å². The zero-order valence-electron chi connectivity index (χ0n) is 21.9. The Hall–Kier alpha value is -2.73. The largest absolute Gasteiger partial charge is 0.481 e. The highest BCUT2D eigenvalue weighted by molar-refractivity contribution is 5.83. The predicted molar refractivity (Wildman–Crippen MR) is 146 cm³/mol. The lowest BCUT2D eigenvalue weighted by Gasteiger charge is -2.28. The first kappa shape index (κ1) is 27.9. The molecule has 0 aromatic heterocycles. The molecule has 3 aromatic carbocycles. The summed E-state index contributed by atoms with van der Waals surface area (Å²) in [7, 11) is 0. The van der Waals surface area contributed by atoms with Crippen LogP contribution in [0.1, 0.15) is 69.2 Å². The van der Waals surface area contributed by atoms with Gasteiger partial charge in [0.05, 0.1) is 18.8 Å². The van der Waals surface area contributed by atoms with E-state index in [0.29, 0.717) is 13.0 Å². The molecule has 0 aliphatic carbocycles. The molecule has 0 saturated heterocycles. The number of aliphatic hydroxyl groups excluding tert-OH is 1. The predicted octanol–water partition coefficient (Wildman–Crippen LogP) is 6.08. The Kier molecular flexibility index (Phi) is 10.5. The second-order valence-corrected chi connectivity index (χ2v) is 10.4. The number of carboxylic acids is 1. The maximum atomic E-state index is 10.7. The second-order valence-electron chi connectivity index (χ2n) is 10.4. The van der Waals surface area contributed by atoms with Gasteiger partial charge in [-0.3, -0.25) is 4.79 Å². The van der Waals surface area contributed by atoms with Gasteiger partial charge < -0.3 is 20.3 Å². The maximum Gasteiger partial charge on any atom is 0.303 e. The molecule has 3 N–H and O–H groups in total. The summed E-state index contributed by atoms with van der Waals surface area (Å²) in [6.07, 6.45) is 3.82. The van der Waals surface area contributed by atoms with Crippen molar-refractivity contribution in [2.75, 3.05) is 13.2 Å². The summed E-state index contributed by atoms with van der Waals surface area (Å²) < 4.78 is 6.05. The van der Waals surface area contributed by atoms with Crippen molar-refractivity contribution in [1.82, 2.24) is 5.32 Å². The molecule has 2 atom stereocenters. The molecule has 3 rings (SSSR count). The lowest BCUT2D eigenvalue weighted by molar-refractivity contribution is -0.137. The van der Waals surface area contributed by atoms with Gasteiger partial charge >= 0.3 is 5.97 Å². The van der Waals surface area contributed by atoms with E-state index in [1.807, 2.05) is 19.1 Å². The molecule has 0 fully saturated rings. The normalized spacial score (nSPS) is 13.6. The topological polar surface area (TPSA) is 78.8 Å². The van der Waals surface area contributed by atoms with Crippen LogP contribution in [0.25, 0.3) is 10.8 Å². The van der Waals surface area contributed by atoms with E-state index in [4.69, 9.17) is 9.84 Å². The van der Waals surface area contributed by atoms with Gasteiger partial charge in [-0.2, -0.15) is 0 Å². The van der Waals surface area contributed by atoms with Crippen LogP contribution in [0.4, 0.5) is 0 Å². The molecule has 3 aromatic rings. The van der Waals surface area contributed by atoms with Gasteiger partial charge in [-0.05, 0) is 73.9 Å². The molecule has 5 heteroatoms. The molecule has 5 nitrogen and oxygen atoms in total. The maximum absolute atomic E-state index is 10.7. The van der Waals surface area contributed by atoms with Gasteiger partial charge in [0.1, 0.15) is 0 Å². The number of aryl methyl sites for hydroxylation is 1. The van der Waals surface area contributed by atoms with Gasteiger partial charge in [0, 0.05) is 18.5 Å². The number of nitrogens with one attached hydrogen (secondary N) is 1. The number of hydrogen-bond acceptors (Lipinski definition) is 4. The average Bonchev–Trinajstić information content (AvgIpc) is 2.85. The van der Waals surface area contributed by atoms with Crippen LogP contribution in [0, 0.1) is 0 Å². The number of unbranched alkanes of at least 4 members (excludes halogenated alkanes) is 2. The summed E-state index contributed by atoms with van der Waals surface area (Å²) >= 11 is 0. The molecule has 0 unspecified atom stereocenters. The van der Waals surface area contributed by atoms with E-state index in [1.165, 1.54) is 21.9 Å². The molecule has 194 valence electrons. The highest BCUT2D eigenvalue weighted by Gasteiger charge is 2.20. The van der Waals surface area contributed by atoms with Crippen molar-refractivity contribution < 1.29 is 19.7 Å². The fraction of sp³-hybridized carbons (Fsp3) is 0.452. The summed E-state index contributed by atoms with van der Waals surface area (Å²) in [5.74, 6) is -0.734. The number of fused-ring (bicyclic) bond motifs is 1. The first-order valence-corrected chi connectivity index (χ1v) is 13.1. The van der Waals surface area contributed by atoms with Gasteiger partial charge in [-0.15, -0.1) is 0 Å². The number of aliphatic hydroxyl groups is 1. The number of β-amino-alcohol motifs (C(OH)–C–C–N with tert-alkyl or cyclic N) is 1. The summed E-state index contributed by atoms with van der Waals surface area (Å²) in [6, 6.07) is 23.2. The summed E-state index contributed by atoms with van der Waals surface area (Å²) in [4.78, 5) is 10.7. The fourth-order valence-corrected chi connectivity index (χ4v) is 4.65. The monoisotopic (exact) mass is 491 g/mol. The number of hydrogen-bond donors (Lipinski definition) is 3. The third-order valence-electron chi connectivity index (χ3n) is 6.64. The van der Waals surface area contributed by atoms with E-state index in [9.17, 15) is 9.90 Å². The average molecular weight is 492 g/mol. The van der Waals surface area contributed by atoms with Crippen molar-refractivity contribution in [3.05, 3.63) is 83.4 Å². The SMILES string of the molecule is C[C@@H](OC[C@@H](O)CNC(C)(C)Cc1ccc2ccccc2c1)c1ccccc1CCCCCC(=O)O. The lowest BCUT2D eigenvalue weighted by Crippen LogP contribution is -2.46. The zero-order valence-corrected chi connectivity index (χ0v) is 21.9. The van der Waals surface area contributed by atoms with E-state index in [-0.39, 0.29) is 24.7 Å². The molecule has 0 saturated carbocycles. The highest BCUT2D eigenvalue weighted by Crippen LogP contribution is 2.24. The van der Waals surface area contributed by atoms with Crippen LogP contribution in [0.3, 0.4) is 0 Å². The Morgan fingerprint density at radius 3 is 2.47 bits per heavy atom. The third kappa shape index (κ3) is 9.05. The molecule has 0 spiro atoms. The lowest BCUT2D eigenvalue weighted by atomic mass is 9.93. The minimum Gasteiger partial charge on any atom is -0.481 e. The van der Waals surface area contributed by atoms with Crippen molar-refractivity contribution in [2.45, 2.75) is 77.0 Å². The van der Waals surface area contributed by atoms with Crippen LogP contribution in [-0.4, -0.2) is 41.0 Å². The Morgan fingerprint density at radius 2 is 1.69 bits per heavy atom. The zero-order chi connectivity index (χ0) is 26.0. The second kappa shape index (κ2) is 13.5. The number of aliphatic carboxylic acids is 1. The Balaban J connectivity index is 1.44. The first-order chi connectivity index (χ1) is 17.2. The van der Waals surface area contributed by atoms with Gasteiger partial charge in [0.25, 0.3) is 0 Å². The fourth-order valence-electron chi connectivity index (χ4n) is 4.65. The van der Waals surface area contributed by atoms with E-state index in [2.05, 4.69) is 73.8 Å². The molecule has 0 aliphatic rings. The van der Waals surface area contributed by atoms with Crippen LogP contribution in [-0.2, 0) is 22.4 Å². The van der Waals surface area contributed by atoms with Crippen LogP contribution in [0.5, 0.6) is 0 Å². The highest BCUT2D eigenvalue weighted by atomic mass is 16.5. The standard InChI is InChI=1S/C31H41NO4/c1-23(29-15-10-9-13-26(29)12-5-4-6-16-30(34)35)36-22-28(33)21-32-31(2,3)20-24-17-18-25-11-7-8-14-27(25)19-24/h7-11,13-15,17-19,23,28,32-33H,4-6,12,16,20-22H2,1-3H3,(H,34,35)/t23-,28+/m1/s1. The van der Waals surface area contributed by atoms with Crippen LogP contribution in [0.15, 0.2) is 66.7 Å². The summed E-state index contributed by atoms with van der Waals surface area (Å²) in [6.45, 7) is 7.05. The third-order valence-corrected chi connectivity index (χ3v) is 6.64. The molecule has 0 aliphatic heterocycles. The Labute approximate surface area is 215 Å². The summed E-state index contributed by atoms with van der Waals surface area (Å²) in [5.41, 5.74) is 3.46. The minimum absolute atomic E-state index is 0.125. The smallest absolute Gasteiger partial charge is 0.303 e. The molecule has 0 heterocycles. The summed E-state index contributed by atoms with van der Waals surface area (Å²) in [5, 5.41) is 25.4. The van der Waals surface area contributed by atoms with Crippen molar-refractivity contribution in [3.8, 4) is 0 Å². The van der Waals surface area contributed by atoms with E-state index < -0.39 is 12.1 Å². The Morgan fingerprint density at radius 1 is 0.972 bits per heavy atom. The van der Waals surface area contributed by atoms with Gasteiger partial charge in [0.15, 0.2) is 0 Å². The van der Waals surface area contributed by atoms with Gasteiger partial charge in [0.2, 0.25) is 0 Å². The quantitative estimate of drug-likeness (QED) is 0.225. The molecule has 0 amide bonds. The molecule has 0 radical (unpaired) electrons. The molecule has 0 bridgehead atoms.